The first-order valence-corrected chi connectivity index (χ1v) is 12.1. The van der Waals surface area contributed by atoms with Gasteiger partial charge in [-0.3, -0.25) is 0 Å². The number of piperidine rings is 1. The molecule has 1 atom stereocenters. The second-order valence-electron chi connectivity index (χ2n) is 9.17. The molecule has 1 radical (unpaired) electrons. The second-order valence-corrected chi connectivity index (χ2v) is 9.17. The van der Waals surface area contributed by atoms with Crippen molar-refractivity contribution >= 4 is 0 Å². The molecule has 1 saturated heterocycles. The molecule has 1 fully saturated rings. The number of aliphatic hydroxyl groups is 1. The van der Waals surface area contributed by atoms with Gasteiger partial charge in [0.2, 0.25) is 0 Å². The molecule has 0 amide bonds. The zero-order chi connectivity index (χ0) is 24.7. The molecular formula is C29H32F2NO3. The van der Waals surface area contributed by atoms with E-state index in [1.54, 1.807) is 43.5 Å². The molecule has 1 unspecified atom stereocenters. The van der Waals surface area contributed by atoms with Crippen molar-refractivity contribution in [2.45, 2.75) is 31.3 Å². The van der Waals surface area contributed by atoms with Crippen LogP contribution in [0.15, 0.2) is 66.7 Å². The summed E-state index contributed by atoms with van der Waals surface area (Å²) in [7, 11) is 1.61. The van der Waals surface area contributed by atoms with Crippen molar-refractivity contribution in [2.24, 2.45) is 5.92 Å². The molecule has 0 saturated carbocycles. The van der Waals surface area contributed by atoms with Crippen LogP contribution in [0, 0.1) is 23.6 Å². The van der Waals surface area contributed by atoms with Crippen LogP contribution in [0.25, 0.3) is 0 Å². The van der Waals surface area contributed by atoms with Gasteiger partial charge in [-0.15, -0.1) is 0 Å². The minimum Gasteiger partial charge on any atom is -0.493 e. The molecule has 35 heavy (non-hydrogen) atoms. The number of benzene rings is 3. The van der Waals surface area contributed by atoms with Gasteiger partial charge in [0.05, 0.1) is 13.7 Å². The normalized spacial score (nSPS) is 16.7. The fraction of sp³-hybridized carbons (Fsp3) is 0.379. The van der Waals surface area contributed by atoms with Crippen molar-refractivity contribution in [2.75, 3.05) is 33.4 Å². The average Bonchev–Trinajstić information content (AvgIpc) is 2.88. The lowest BCUT2D eigenvalue weighted by Crippen LogP contribution is -2.40. The van der Waals surface area contributed by atoms with Crippen LogP contribution in [0.3, 0.4) is 0 Å². The number of hydrogen-bond acceptors (Lipinski definition) is 4. The van der Waals surface area contributed by atoms with Crippen LogP contribution in [0.2, 0.25) is 0 Å². The smallest absolute Gasteiger partial charge is 0.161 e. The highest BCUT2D eigenvalue weighted by Crippen LogP contribution is 2.38. The van der Waals surface area contributed by atoms with Crippen molar-refractivity contribution in [1.82, 2.24) is 4.90 Å². The van der Waals surface area contributed by atoms with Gasteiger partial charge in [0.1, 0.15) is 17.2 Å². The predicted molar refractivity (Wildman–Crippen MR) is 132 cm³/mol. The second kappa shape index (κ2) is 11.6. The average molecular weight is 481 g/mol. The first-order chi connectivity index (χ1) is 17.0. The Labute approximate surface area is 206 Å². The third-order valence-corrected chi connectivity index (χ3v) is 6.72. The van der Waals surface area contributed by atoms with E-state index in [0.29, 0.717) is 35.7 Å². The van der Waals surface area contributed by atoms with Crippen LogP contribution < -0.4 is 9.47 Å². The maximum atomic E-state index is 13.6. The van der Waals surface area contributed by atoms with Crippen LogP contribution in [0.4, 0.5) is 8.78 Å². The Morgan fingerprint density at radius 1 is 1.00 bits per heavy atom. The van der Waals surface area contributed by atoms with E-state index in [4.69, 9.17) is 9.47 Å². The van der Waals surface area contributed by atoms with E-state index in [9.17, 15) is 13.9 Å². The van der Waals surface area contributed by atoms with E-state index in [1.165, 1.54) is 24.3 Å². The van der Waals surface area contributed by atoms with Crippen molar-refractivity contribution in [1.29, 1.82) is 0 Å². The fourth-order valence-electron chi connectivity index (χ4n) is 4.94. The molecule has 185 valence electrons. The maximum absolute atomic E-state index is 13.6. The van der Waals surface area contributed by atoms with Crippen LogP contribution in [-0.4, -0.2) is 43.4 Å². The largest absolute Gasteiger partial charge is 0.493 e. The topological polar surface area (TPSA) is 41.9 Å². The summed E-state index contributed by atoms with van der Waals surface area (Å²) < 4.78 is 38.4. The Bertz CT molecular complexity index is 1030. The van der Waals surface area contributed by atoms with E-state index in [2.05, 4.69) is 11.0 Å². The highest BCUT2D eigenvalue weighted by atomic mass is 19.1. The molecule has 1 aliphatic rings. The summed E-state index contributed by atoms with van der Waals surface area (Å²) in [6.45, 7) is 3.33. The first kappa shape index (κ1) is 25.1. The van der Waals surface area contributed by atoms with Crippen LogP contribution in [0.1, 0.15) is 36.8 Å². The molecule has 0 spiro atoms. The summed E-state index contributed by atoms with van der Waals surface area (Å²) in [5, 5.41) is 11.9. The van der Waals surface area contributed by atoms with Gasteiger partial charge in [-0.05, 0) is 91.7 Å². The first-order valence-electron chi connectivity index (χ1n) is 12.1. The number of methoxy groups -OCH3 is 1. The SMILES string of the molecule is COc1c[c]ccc1OCCCN1CCCC(CC(O)(c2ccc(F)cc2)c2ccc(F)cc2)C1. The standard InChI is InChI=1S/C29H32F2NO3/c1-34-27-7-2-3-8-28(27)35-19-5-18-32-17-4-6-22(21-32)20-29(33,23-9-13-25(30)14-10-23)24-11-15-26(31)16-12-24/h3,7-16,22,33H,4-6,17-21H2,1H3. The molecule has 3 aromatic rings. The lowest BCUT2D eigenvalue weighted by atomic mass is 9.77. The van der Waals surface area contributed by atoms with Crippen molar-refractivity contribution in [3.8, 4) is 11.5 Å². The number of halogens is 2. The third-order valence-electron chi connectivity index (χ3n) is 6.72. The number of rotatable bonds is 10. The summed E-state index contributed by atoms with van der Waals surface area (Å²) in [6.07, 6.45) is 3.38. The summed E-state index contributed by atoms with van der Waals surface area (Å²) in [4.78, 5) is 2.41. The van der Waals surface area contributed by atoms with E-state index < -0.39 is 5.60 Å². The Hall–Kier alpha value is -2.96. The Morgan fingerprint density at radius 3 is 2.29 bits per heavy atom. The summed E-state index contributed by atoms with van der Waals surface area (Å²) in [5.74, 6) is 0.924. The molecule has 0 bridgehead atoms. The van der Waals surface area contributed by atoms with Gasteiger partial charge in [0, 0.05) is 13.1 Å². The van der Waals surface area contributed by atoms with Gasteiger partial charge < -0.3 is 19.5 Å². The fourth-order valence-corrected chi connectivity index (χ4v) is 4.94. The summed E-state index contributed by atoms with van der Waals surface area (Å²) in [6, 6.07) is 20.3. The minimum absolute atomic E-state index is 0.245. The number of likely N-dealkylation sites (tertiary alicyclic amines) is 1. The molecular weight excluding hydrogens is 448 g/mol. The molecule has 0 aromatic heterocycles. The molecule has 4 rings (SSSR count). The highest BCUT2D eigenvalue weighted by molar-refractivity contribution is 5.39. The monoisotopic (exact) mass is 480 g/mol. The van der Waals surface area contributed by atoms with Crippen LogP contribution in [0.5, 0.6) is 11.5 Å². The summed E-state index contributed by atoms with van der Waals surface area (Å²) >= 11 is 0. The third kappa shape index (κ3) is 6.38. The van der Waals surface area contributed by atoms with Gasteiger partial charge in [-0.25, -0.2) is 8.78 Å². The molecule has 6 heteroatoms. The van der Waals surface area contributed by atoms with Crippen LogP contribution in [-0.2, 0) is 5.60 Å². The van der Waals surface area contributed by atoms with E-state index in [0.717, 1.165) is 38.9 Å². The van der Waals surface area contributed by atoms with Gasteiger partial charge in [0.15, 0.2) is 11.5 Å². The Balaban J connectivity index is 1.38. The lowest BCUT2D eigenvalue weighted by molar-refractivity contribution is 0.0326. The summed E-state index contributed by atoms with van der Waals surface area (Å²) in [5.41, 5.74) is -0.0887. The minimum atomic E-state index is -1.32. The van der Waals surface area contributed by atoms with Crippen molar-refractivity contribution in [3.63, 3.8) is 0 Å². The maximum Gasteiger partial charge on any atom is 0.161 e. The van der Waals surface area contributed by atoms with E-state index in [-0.39, 0.29) is 17.6 Å². The van der Waals surface area contributed by atoms with Gasteiger partial charge in [-0.2, -0.15) is 0 Å². The molecule has 0 aliphatic carbocycles. The van der Waals surface area contributed by atoms with Gasteiger partial charge in [-0.1, -0.05) is 30.3 Å². The van der Waals surface area contributed by atoms with Crippen molar-refractivity contribution < 1.29 is 23.4 Å². The molecule has 1 heterocycles. The highest BCUT2D eigenvalue weighted by Gasteiger charge is 2.36. The van der Waals surface area contributed by atoms with Crippen LogP contribution >= 0.6 is 0 Å². The Kier molecular flexibility index (Phi) is 8.37. The van der Waals surface area contributed by atoms with E-state index >= 15 is 0 Å². The number of hydrogen-bond donors (Lipinski definition) is 1. The predicted octanol–water partition coefficient (Wildman–Crippen LogP) is 5.58. The quantitative estimate of drug-likeness (QED) is 0.385. The van der Waals surface area contributed by atoms with E-state index in [1.807, 2.05) is 6.07 Å². The molecule has 1 N–H and O–H groups in total. The zero-order valence-corrected chi connectivity index (χ0v) is 20.1. The van der Waals surface area contributed by atoms with Gasteiger partial charge >= 0.3 is 0 Å². The molecule has 1 aliphatic heterocycles. The molecule has 4 nitrogen and oxygen atoms in total. The molecule has 3 aromatic carbocycles. The van der Waals surface area contributed by atoms with Crippen molar-refractivity contribution in [3.05, 3.63) is 95.6 Å². The van der Waals surface area contributed by atoms with Gasteiger partial charge in [0.25, 0.3) is 0 Å². The number of ether oxygens (including phenoxy) is 2. The number of nitrogens with zero attached hydrogens (tertiary/aromatic N) is 1. The lowest BCUT2D eigenvalue weighted by Gasteiger charge is -2.38. The Morgan fingerprint density at radius 2 is 1.66 bits per heavy atom. The zero-order valence-electron chi connectivity index (χ0n) is 20.1.